The molecule has 1 amide bonds. The first-order chi connectivity index (χ1) is 8.65. The summed E-state index contributed by atoms with van der Waals surface area (Å²) in [6, 6.07) is 10.6. The second kappa shape index (κ2) is 5.64. The highest BCUT2D eigenvalue weighted by atomic mass is 79.9. The zero-order valence-electron chi connectivity index (χ0n) is 9.68. The number of rotatable bonds is 3. The summed E-state index contributed by atoms with van der Waals surface area (Å²) in [5.41, 5.74) is 2.98. The van der Waals surface area contributed by atoms with Crippen molar-refractivity contribution >= 4 is 28.1 Å². The molecule has 0 spiro atoms. The molecule has 1 aromatic heterocycles. The molecule has 0 aliphatic heterocycles. The molecule has 4 nitrogen and oxygen atoms in total. The average Bonchev–Trinajstić information content (AvgIpc) is 2.76. The van der Waals surface area contributed by atoms with Crippen molar-refractivity contribution in [3.8, 4) is 0 Å². The second-order valence-corrected chi connectivity index (χ2v) is 4.57. The molecule has 0 saturated heterocycles. The SMILES string of the molecule is Cc1ccc(/C=N/NC(=O)c2ccc(Br)cc2)o1. The van der Waals surface area contributed by atoms with Gasteiger partial charge in [0.15, 0.2) is 0 Å². The topological polar surface area (TPSA) is 54.6 Å². The van der Waals surface area contributed by atoms with Crippen LogP contribution in [0.5, 0.6) is 0 Å². The van der Waals surface area contributed by atoms with Crippen molar-refractivity contribution in [2.45, 2.75) is 6.92 Å². The third-order valence-electron chi connectivity index (χ3n) is 2.23. The number of aryl methyl sites for hydroxylation is 1. The fourth-order valence-corrected chi connectivity index (χ4v) is 1.61. The van der Waals surface area contributed by atoms with Crippen molar-refractivity contribution in [3.63, 3.8) is 0 Å². The first-order valence-electron chi connectivity index (χ1n) is 5.30. The van der Waals surface area contributed by atoms with Crippen LogP contribution >= 0.6 is 15.9 Å². The molecule has 0 fully saturated rings. The fourth-order valence-electron chi connectivity index (χ4n) is 1.34. The van der Waals surface area contributed by atoms with Crippen molar-refractivity contribution in [1.29, 1.82) is 0 Å². The Morgan fingerprint density at radius 1 is 1.28 bits per heavy atom. The maximum Gasteiger partial charge on any atom is 0.271 e. The van der Waals surface area contributed by atoms with E-state index in [1.54, 1.807) is 30.3 Å². The lowest BCUT2D eigenvalue weighted by Crippen LogP contribution is -2.17. The Labute approximate surface area is 113 Å². The lowest BCUT2D eigenvalue weighted by atomic mass is 10.2. The van der Waals surface area contributed by atoms with Crippen LogP contribution in [0, 0.1) is 6.92 Å². The second-order valence-electron chi connectivity index (χ2n) is 3.65. The third kappa shape index (κ3) is 3.30. The molecule has 1 N–H and O–H groups in total. The van der Waals surface area contributed by atoms with Gasteiger partial charge in [-0.05, 0) is 43.3 Å². The summed E-state index contributed by atoms with van der Waals surface area (Å²) in [4.78, 5) is 11.7. The van der Waals surface area contributed by atoms with Gasteiger partial charge in [0.1, 0.15) is 11.5 Å². The number of furan rings is 1. The van der Waals surface area contributed by atoms with Crippen molar-refractivity contribution in [2.24, 2.45) is 5.10 Å². The molecule has 0 bridgehead atoms. The quantitative estimate of drug-likeness (QED) is 0.699. The molecule has 1 heterocycles. The van der Waals surface area contributed by atoms with Gasteiger partial charge in [0, 0.05) is 10.0 Å². The van der Waals surface area contributed by atoms with E-state index in [2.05, 4.69) is 26.5 Å². The number of halogens is 1. The summed E-state index contributed by atoms with van der Waals surface area (Å²) >= 11 is 3.31. The lowest BCUT2D eigenvalue weighted by Gasteiger charge is -1.99. The number of hydrogen-bond acceptors (Lipinski definition) is 3. The van der Waals surface area contributed by atoms with Crippen LogP contribution in [0.4, 0.5) is 0 Å². The summed E-state index contributed by atoms with van der Waals surface area (Å²) in [6.07, 6.45) is 1.46. The Balaban J connectivity index is 1.96. The lowest BCUT2D eigenvalue weighted by molar-refractivity contribution is 0.0955. The van der Waals surface area contributed by atoms with Crippen LogP contribution in [-0.4, -0.2) is 12.1 Å². The van der Waals surface area contributed by atoms with Gasteiger partial charge in [0.2, 0.25) is 0 Å². The molecule has 0 unspecified atom stereocenters. The molecule has 0 saturated carbocycles. The minimum Gasteiger partial charge on any atom is -0.460 e. The van der Waals surface area contributed by atoms with E-state index in [0.29, 0.717) is 11.3 Å². The molecule has 0 atom stereocenters. The number of nitrogens with zero attached hydrogens (tertiary/aromatic N) is 1. The number of carbonyl (C=O) groups is 1. The van der Waals surface area contributed by atoms with Crippen LogP contribution in [0.15, 0.2) is 50.4 Å². The number of amides is 1. The fraction of sp³-hybridized carbons (Fsp3) is 0.0769. The van der Waals surface area contributed by atoms with E-state index >= 15 is 0 Å². The predicted octanol–water partition coefficient (Wildman–Crippen LogP) is 3.11. The number of hydrogen-bond donors (Lipinski definition) is 1. The van der Waals surface area contributed by atoms with Crippen molar-refractivity contribution in [1.82, 2.24) is 5.43 Å². The number of carbonyl (C=O) groups excluding carboxylic acids is 1. The van der Waals surface area contributed by atoms with E-state index in [9.17, 15) is 4.79 Å². The Morgan fingerprint density at radius 3 is 2.61 bits per heavy atom. The largest absolute Gasteiger partial charge is 0.460 e. The summed E-state index contributed by atoms with van der Waals surface area (Å²) < 4.78 is 6.20. The van der Waals surface area contributed by atoms with Crippen molar-refractivity contribution < 1.29 is 9.21 Å². The van der Waals surface area contributed by atoms with Gasteiger partial charge < -0.3 is 4.42 Å². The Morgan fingerprint density at radius 2 is 2.00 bits per heavy atom. The van der Waals surface area contributed by atoms with Crippen molar-refractivity contribution in [3.05, 3.63) is 58.0 Å². The van der Waals surface area contributed by atoms with Crippen LogP contribution in [0.2, 0.25) is 0 Å². The highest BCUT2D eigenvalue weighted by Gasteiger charge is 2.03. The molecule has 92 valence electrons. The van der Waals surface area contributed by atoms with Crippen LogP contribution < -0.4 is 5.43 Å². The van der Waals surface area contributed by atoms with Gasteiger partial charge in [-0.15, -0.1) is 0 Å². The molecule has 0 aliphatic rings. The van der Waals surface area contributed by atoms with Gasteiger partial charge in [-0.1, -0.05) is 15.9 Å². The Kier molecular flexibility index (Phi) is 3.94. The molecular formula is C13H11BrN2O2. The first kappa shape index (κ1) is 12.6. The van der Waals surface area contributed by atoms with Crippen molar-refractivity contribution in [2.75, 3.05) is 0 Å². The van der Waals surface area contributed by atoms with Gasteiger partial charge in [-0.2, -0.15) is 5.10 Å². The van der Waals surface area contributed by atoms with E-state index in [-0.39, 0.29) is 5.91 Å². The van der Waals surface area contributed by atoms with E-state index in [4.69, 9.17) is 4.42 Å². The first-order valence-corrected chi connectivity index (χ1v) is 6.10. The Hall–Kier alpha value is -1.88. The van der Waals surface area contributed by atoms with Gasteiger partial charge in [0.25, 0.3) is 5.91 Å². The maximum atomic E-state index is 11.7. The van der Waals surface area contributed by atoms with Crippen LogP contribution in [-0.2, 0) is 0 Å². The minimum atomic E-state index is -0.262. The van der Waals surface area contributed by atoms with E-state index in [1.165, 1.54) is 6.21 Å². The van der Waals surface area contributed by atoms with Crippen LogP contribution in [0.25, 0.3) is 0 Å². The van der Waals surface area contributed by atoms with Crippen LogP contribution in [0.3, 0.4) is 0 Å². The summed E-state index contributed by atoms with van der Waals surface area (Å²) in [7, 11) is 0. The molecule has 18 heavy (non-hydrogen) atoms. The monoisotopic (exact) mass is 306 g/mol. The summed E-state index contributed by atoms with van der Waals surface area (Å²) in [6.45, 7) is 1.84. The molecule has 5 heteroatoms. The highest BCUT2D eigenvalue weighted by Crippen LogP contribution is 2.10. The zero-order chi connectivity index (χ0) is 13.0. The van der Waals surface area contributed by atoms with Crippen LogP contribution in [0.1, 0.15) is 21.9 Å². The molecule has 0 radical (unpaired) electrons. The minimum absolute atomic E-state index is 0.262. The Bertz CT molecular complexity index is 573. The zero-order valence-corrected chi connectivity index (χ0v) is 11.3. The normalized spacial score (nSPS) is 10.8. The third-order valence-corrected chi connectivity index (χ3v) is 2.75. The average molecular weight is 307 g/mol. The number of nitrogens with one attached hydrogen (secondary N) is 1. The summed E-state index contributed by atoms with van der Waals surface area (Å²) in [5, 5.41) is 3.82. The molecule has 2 aromatic rings. The molecule has 0 aliphatic carbocycles. The summed E-state index contributed by atoms with van der Waals surface area (Å²) in [5.74, 6) is 1.14. The molecule has 1 aromatic carbocycles. The smallest absolute Gasteiger partial charge is 0.271 e. The number of benzene rings is 1. The maximum absolute atomic E-state index is 11.7. The predicted molar refractivity (Wildman–Crippen MR) is 72.6 cm³/mol. The highest BCUT2D eigenvalue weighted by molar-refractivity contribution is 9.10. The number of hydrazone groups is 1. The van der Waals surface area contributed by atoms with Gasteiger partial charge in [-0.25, -0.2) is 5.43 Å². The standard InChI is InChI=1S/C13H11BrN2O2/c1-9-2-7-12(18-9)8-15-16-13(17)10-3-5-11(14)6-4-10/h2-8H,1H3,(H,16,17)/b15-8+. The van der Waals surface area contributed by atoms with E-state index < -0.39 is 0 Å². The molecule has 2 rings (SSSR count). The van der Waals surface area contributed by atoms with Gasteiger partial charge >= 0.3 is 0 Å². The van der Waals surface area contributed by atoms with E-state index in [1.807, 2.05) is 13.0 Å². The van der Waals surface area contributed by atoms with E-state index in [0.717, 1.165) is 10.2 Å². The van der Waals surface area contributed by atoms with Gasteiger partial charge in [-0.3, -0.25) is 4.79 Å². The molecular weight excluding hydrogens is 296 g/mol. The van der Waals surface area contributed by atoms with Gasteiger partial charge in [0.05, 0.1) is 6.21 Å².